The summed E-state index contributed by atoms with van der Waals surface area (Å²) in [6, 6.07) is 22.5. The number of nitrogens with one attached hydrogen (secondary N) is 4. The zero-order valence-electron chi connectivity index (χ0n) is 22.2. The molecule has 0 saturated carbocycles. The first kappa shape index (κ1) is 26.4. The van der Waals surface area contributed by atoms with Crippen LogP contribution in [0.1, 0.15) is 35.8 Å². The highest BCUT2D eigenvalue weighted by atomic mass is 16.2. The molecule has 5 rings (SSSR count). The van der Waals surface area contributed by atoms with Crippen molar-refractivity contribution in [3.05, 3.63) is 78.0 Å². The number of carbonyl (C=O) groups excluding carboxylic acids is 2. The Balaban J connectivity index is 1.31. The molecule has 3 heterocycles. The minimum atomic E-state index is -0.0848. The predicted octanol–water partition coefficient (Wildman–Crippen LogP) is 3.61. The Morgan fingerprint density at radius 3 is 2.54 bits per heavy atom. The third-order valence-corrected chi connectivity index (χ3v) is 7.01. The Kier molecular flexibility index (Phi) is 8.48. The van der Waals surface area contributed by atoms with Gasteiger partial charge in [0.15, 0.2) is 5.82 Å². The summed E-state index contributed by atoms with van der Waals surface area (Å²) in [4.78, 5) is 39.5. The fraction of sp³-hybridized carbons (Fsp3) is 0.333. The Labute approximate surface area is 228 Å². The van der Waals surface area contributed by atoms with Crippen molar-refractivity contribution in [2.45, 2.75) is 32.2 Å². The lowest BCUT2D eigenvalue weighted by molar-refractivity contribution is -0.118. The van der Waals surface area contributed by atoms with Gasteiger partial charge in [-0.25, -0.2) is 9.97 Å². The van der Waals surface area contributed by atoms with Crippen molar-refractivity contribution in [1.29, 1.82) is 0 Å². The number of amides is 2. The van der Waals surface area contributed by atoms with Crippen molar-refractivity contribution in [1.82, 2.24) is 30.5 Å². The number of aromatic nitrogens is 3. The van der Waals surface area contributed by atoms with E-state index in [0.717, 1.165) is 36.8 Å². The summed E-state index contributed by atoms with van der Waals surface area (Å²) in [5, 5.41) is 10.5. The number of anilines is 1. The van der Waals surface area contributed by atoms with Crippen molar-refractivity contribution >= 4 is 28.7 Å². The predicted molar refractivity (Wildman–Crippen MR) is 154 cm³/mol. The molecule has 1 aliphatic heterocycles. The number of nitrogens with zero attached hydrogens (tertiary/aromatic N) is 3. The van der Waals surface area contributed by atoms with Gasteiger partial charge in [-0.1, -0.05) is 60.7 Å². The molecule has 1 unspecified atom stereocenters. The van der Waals surface area contributed by atoms with Gasteiger partial charge >= 0.3 is 0 Å². The van der Waals surface area contributed by atoms with E-state index < -0.39 is 0 Å². The van der Waals surface area contributed by atoms with Crippen molar-refractivity contribution in [3.63, 3.8) is 0 Å². The highest BCUT2D eigenvalue weighted by molar-refractivity contribution is 6.00. The molecule has 0 spiro atoms. The lowest BCUT2D eigenvalue weighted by Gasteiger charge is -2.19. The topological polar surface area (TPSA) is 115 Å². The molecule has 1 fully saturated rings. The van der Waals surface area contributed by atoms with Crippen LogP contribution in [0, 0.1) is 0 Å². The molecular formula is C30H35N7O2. The van der Waals surface area contributed by atoms with E-state index in [-0.39, 0.29) is 11.8 Å². The Hall–Kier alpha value is -4.24. The number of H-pyrrole nitrogens is 1. The van der Waals surface area contributed by atoms with Gasteiger partial charge in [-0.15, -0.1) is 0 Å². The standard InChI is InChI=1S/C30H35N7O2/c1-21(38)31-15-16-33-28-25-20-26(34-29(25)36-27(35-28)23-10-6-3-7-11-23)30(39)37-18-14-24(32-17-19-37)13-12-22-8-4-2-5-9-22/h2-11,20,24,32H,12-19H2,1H3,(H,31,38)(H2,33,34,35,36). The molecule has 0 bridgehead atoms. The maximum Gasteiger partial charge on any atom is 0.270 e. The third-order valence-electron chi connectivity index (χ3n) is 7.01. The van der Waals surface area contributed by atoms with Gasteiger partial charge in [-0.3, -0.25) is 9.59 Å². The summed E-state index contributed by atoms with van der Waals surface area (Å²) in [6.07, 6.45) is 2.98. The maximum absolute atomic E-state index is 13.6. The number of carbonyl (C=O) groups is 2. The van der Waals surface area contributed by atoms with Crippen molar-refractivity contribution in [2.24, 2.45) is 0 Å². The summed E-state index contributed by atoms with van der Waals surface area (Å²) in [5.74, 6) is 1.06. The average Bonchev–Trinajstić information content (AvgIpc) is 3.26. The second kappa shape index (κ2) is 12.5. The van der Waals surface area contributed by atoms with Crippen LogP contribution in [0.15, 0.2) is 66.7 Å². The van der Waals surface area contributed by atoms with Crippen molar-refractivity contribution in [2.75, 3.05) is 38.0 Å². The molecule has 1 aliphatic rings. The summed E-state index contributed by atoms with van der Waals surface area (Å²) in [7, 11) is 0. The number of fused-ring (bicyclic) bond motifs is 1. The van der Waals surface area contributed by atoms with E-state index in [2.05, 4.69) is 45.2 Å². The number of benzene rings is 2. The molecule has 0 aliphatic carbocycles. The molecule has 1 saturated heterocycles. The van der Waals surface area contributed by atoms with Crippen LogP contribution in [0.2, 0.25) is 0 Å². The smallest absolute Gasteiger partial charge is 0.270 e. The van der Waals surface area contributed by atoms with E-state index in [4.69, 9.17) is 9.97 Å². The van der Waals surface area contributed by atoms with Gasteiger partial charge in [-0.05, 0) is 30.9 Å². The number of hydrogen-bond acceptors (Lipinski definition) is 6. The summed E-state index contributed by atoms with van der Waals surface area (Å²) < 4.78 is 0. The number of rotatable bonds is 9. The lowest BCUT2D eigenvalue weighted by atomic mass is 10.0. The number of aromatic amines is 1. The van der Waals surface area contributed by atoms with Crippen LogP contribution in [0.5, 0.6) is 0 Å². The fourth-order valence-corrected chi connectivity index (χ4v) is 4.93. The van der Waals surface area contributed by atoms with E-state index in [9.17, 15) is 9.59 Å². The molecule has 0 radical (unpaired) electrons. The molecule has 2 aromatic heterocycles. The third kappa shape index (κ3) is 6.80. The minimum absolute atomic E-state index is 0.0380. The monoisotopic (exact) mass is 525 g/mol. The van der Waals surface area contributed by atoms with Crippen molar-refractivity contribution in [3.8, 4) is 11.4 Å². The first-order valence-corrected chi connectivity index (χ1v) is 13.6. The van der Waals surface area contributed by atoms with Gasteiger partial charge in [-0.2, -0.15) is 0 Å². The molecular weight excluding hydrogens is 490 g/mol. The van der Waals surface area contributed by atoms with Crippen LogP contribution < -0.4 is 16.0 Å². The molecule has 39 heavy (non-hydrogen) atoms. The van der Waals surface area contributed by atoms with E-state index in [1.165, 1.54) is 12.5 Å². The van der Waals surface area contributed by atoms with Crippen LogP contribution in [0.4, 0.5) is 5.82 Å². The van der Waals surface area contributed by atoms with Crippen LogP contribution in [-0.4, -0.2) is 70.4 Å². The van der Waals surface area contributed by atoms with E-state index >= 15 is 0 Å². The molecule has 2 amide bonds. The van der Waals surface area contributed by atoms with Crippen LogP contribution in [-0.2, 0) is 11.2 Å². The molecule has 2 aromatic carbocycles. The summed E-state index contributed by atoms with van der Waals surface area (Å²) in [6.45, 7) is 4.56. The second-order valence-corrected chi connectivity index (χ2v) is 9.87. The number of aryl methyl sites for hydroxylation is 1. The van der Waals surface area contributed by atoms with Crippen molar-refractivity contribution < 1.29 is 9.59 Å². The maximum atomic E-state index is 13.6. The van der Waals surface area contributed by atoms with Crippen LogP contribution in [0.25, 0.3) is 22.4 Å². The normalized spacial score (nSPS) is 15.6. The molecule has 1 atom stereocenters. The molecule has 9 nitrogen and oxygen atoms in total. The molecule has 4 aromatic rings. The van der Waals surface area contributed by atoms with Gasteiger partial charge in [0.1, 0.15) is 17.2 Å². The second-order valence-electron chi connectivity index (χ2n) is 9.87. The zero-order chi connectivity index (χ0) is 27.0. The van der Waals surface area contributed by atoms with Gasteiger partial charge in [0.2, 0.25) is 5.91 Å². The Morgan fingerprint density at radius 2 is 1.77 bits per heavy atom. The van der Waals surface area contributed by atoms with Gasteiger partial charge in [0.25, 0.3) is 5.91 Å². The number of hydrogen-bond donors (Lipinski definition) is 4. The van der Waals surface area contributed by atoms with Gasteiger partial charge in [0.05, 0.1) is 5.39 Å². The van der Waals surface area contributed by atoms with Crippen LogP contribution >= 0.6 is 0 Å². The summed E-state index contributed by atoms with van der Waals surface area (Å²) >= 11 is 0. The largest absolute Gasteiger partial charge is 0.368 e. The quantitative estimate of drug-likeness (QED) is 0.248. The van der Waals surface area contributed by atoms with Gasteiger partial charge < -0.3 is 25.8 Å². The zero-order valence-corrected chi connectivity index (χ0v) is 22.2. The molecule has 202 valence electrons. The van der Waals surface area contributed by atoms with E-state index in [1.54, 1.807) is 0 Å². The van der Waals surface area contributed by atoms with E-state index in [0.29, 0.717) is 55.2 Å². The summed E-state index contributed by atoms with van der Waals surface area (Å²) in [5.41, 5.74) is 3.32. The SMILES string of the molecule is CC(=O)NCCNc1nc(-c2ccccc2)nc2[nH]c(C(=O)N3CCNC(CCc4ccccc4)CC3)cc12. The van der Waals surface area contributed by atoms with Crippen LogP contribution in [0.3, 0.4) is 0 Å². The minimum Gasteiger partial charge on any atom is -0.368 e. The Morgan fingerprint density at radius 1 is 1.00 bits per heavy atom. The molecule has 4 N–H and O–H groups in total. The highest BCUT2D eigenvalue weighted by Gasteiger charge is 2.24. The average molecular weight is 526 g/mol. The van der Waals surface area contributed by atoms with E-state index in [1.807, 2.05) is 47.4 Å². The fourth-order valence-electron chi connectivity index (χ4n) is 4.93. The lowest BCUT2D eigenvalue weighted by Crippen LogP contribution is -2.34. The molecule has 9 heteroatoms. The van der Waals surface area contributed by atoms with Gasteiger partial charge in [0, 0.05) is 51.3 Å². The first-order chi connectivity index (χ1) is 19.1. The first-order valence-electron chi connectivity index (χ1n) is 13.6. The Bertz CT molecular complexity index is 1410. The highest BCUT2D eigenvalue weighted by Crippen LogP contribution is 2.26.